The number of rotatable bonds is 4. The van der Waals surface area contributed by atoms with Gasteiger partial charge in [0.2, 0.25) is 0 Å². The Bertz CT molecular complexity index is 737. The Labute approximate surface area is 122 Å². The monoisotopic (exact) mass is 282 g/mol. The topological polar surface area (TPSA) is 42.7 Å². The zero-order valence-electron chi connectivity index (χ0n) is 11.6. The average molecular weight is 282 g/mol. The lowest BCUT2D eigenvalue weighted by molar-refractivity contribution is 0.618. The lowest BCUT2D eigenvalue weighted by Crippen LogP contribution is -2.03. The Morgan fingerprint density at radius 3 is 2.71 bits per heavy atom. The van der Waals surface area contributed by atoms with Crippen molar-refractivity contribution in [1.82, 2.24) is 15.0 Å². The van der Waals surface area contributed by atoms with Gasteiger partial charge in [-0.2, -0.15) is 15.0 Å². The fraction of sp³-hybridized carbons (Fsp3) is 0.125. The molecule has 0 unspecified atom stereocenters. The van der Waals surface area contributed by atoms with Crippen LogP contribution in [0.2, 0.25) is 0 Å². The number of hydrogen-bond acceptors (Lipinski definition) is 3. The third kappa shape index (κ3) is 3.08. The van der Waals surface area contributed by atoms with Crippen molar-refractivity contribution in [3.8, 4) is 5.69 Å². The molecule has 0 atom stereocenters. The third-order valence-electron chi connectivity index (χ3n) is 3.16. The molecule has 0 aliphatic rings. The van der Waals surface area contributed by atoms with E-state index < -0.39 is 0 Å². The number of nitrogens with one attached hydrogen (secondary N) is 1. The maximum absolute atomic E-state index is 13.2. The molecule has 3 rings (SSSR count). The highest BCUT2D eigenvalue weighted by atomic mass is 19.1. The first-order valence-electron chi connectivity index (χ1n) is 6.69. The van der Waals surface area contributed by atoms with Crippen LogP contribution in [0.3, 0.4) is 0 Å². The lowest BCUT2D eigenvalue weighted by Gasteiger charge is -2.05. The van der Waals surface area contributed by atoms with Crippen molar-refractivity contribution in [3.05, 3.63) is 71.8 Å². The van der Waals surface area contributed by atoms with Gasteiger partial charge in [-0.05, 0) is 42.8 Å². The normalized spacial score (nSPS) is 10.6. The van der Waals surface area contributed by atoms with E-state index in [9.17, 15) is 4.39 Å². The molecular formula is C16H15FN4. The van der Waals surface area contributed by atoms with Crippen LogP contribution < -0.4 is 5.32 Å². The average Bonchev–Trinajstić information content (AvgIpc) is 2.98. The van der Waals surface area contributed by atoms with Crippen LogP contribution in [0.15, 0.2) is 54.7 Å². The quantitative estimate of drug-likeness (QED) is 0.798. The Kier molecular flexibility index (Phi) is 3.64. The van der Waals surface area contributed by atoms with Crippen LogP contribution in [0, 0.1) is 12.7 Å². The first-order chi connectivity index (χ1) is 10.2. The highest BCUT2D eigenvalue weighted by Crippen LogP contribution is 2.14. The molecule has 1 aromatic heterocycles. The molecule has 0 saturated carbocycles. The molecule has 0 amide bonds. The van der Waals surface area contributed by atoms with Gasteiger partial charge in [0, 0.05) is 5.69 Å². The molecule has 0 aliphatic heterocycles. The van der Waals surface area contributed by atoms with Crippen LogP contribution >= 0.6 is 0 Å². The predicted molar refractivity (Wildman–Crippen MR) is 79.8 cm³/mol. The zero-order chi connectivity index (χ0) is 14.7. The molecule has 106 valence electrons. The summed E-state index contributed by atoms with van der Waals surface area (Å²) >= 11 is 0. The van der Waals surface area contributed by atoms with Crippen molar-refractivity contribution >= 4 is 5.69 Å². The first kappa shape index (κ1) is 13.3. The summed E-state index contributed by atoms with van der Waals surface area (Å²) in [6, 6.07) is 14.7. The van der Waals surface area contributed by atoms with Crippen molar-refractivity contribution < 1.29 is 4.39 Å². The Hall–Kier alpha value is -2.69. The number of benzene rings is 2. The van der Waals surface area contributed by atoms with Crippen molar-refractivity contribution in [2.24, 2.45) is 0 Å². The Morgan fingerprint density at radius 1 is 1.14 bits per heavy atom. The van der Waals surface area contributed by atoms with Gasteiger partial charge in [0.1, 0.15) is 11.5 Å². The van der Waals surface area contributed by atoms with E-state index in [1.54, 1.807) is 30.0 Å². The number of anilines is 1. The molecule has 0 fully saturated rings. The maximum Gasteiger partial charge on any atom is 0.126 e. The van der Waals surface area contributed by atoms with Gasteiger partial charge in [0.05, 0.1) is 18.4 Å². The van der Waals surface area contributed by atoms with E-state index in [1.807, 2.05) is 30.3 Å². The molecule has 1 heterocycles. The summed E-state index contributed by atoms with van der Waals surface area (Å²) in [4.78, 5) is 1.59. The molecule has 4 nitrogen and oxygen atoms in total. The minimum Gasteiger partial charge on any atom is -0.379 e. The van der Waals surface area contributed by atoms with Crippen LogP contribution in [0.4, 0.5) is 10.1 Å². The van der Waals surface area contributed by atoms with E-state index in [0.29, 0.717) is 12.1 Å². The molecule has 0 saturated heterocycles. The largest absolute Gasteiger partial charge is 0.379 e. The van der Waals surface area contributed by atoms with Gasteiger partial charge in [-0.1, -0.05) is 18.2 Å². The number of hydrogen-bond donors (Lipinski definition) is 1. The SMILES string of the molecule is Cc1cc(NCc2cnn(-c3ccccc3)n2)ccc1F. The van der Waals surface area contributed by atoms with Gasteiger partial charge in [0.25, 0.3) is 0 Å². The van der Waals surface area contributed by atoms with E-state index in [0.717, 1.165) is 17.1 Å². The minimum atomic E-state index is -0.199. The van der Waals surface area contributed by atoms with Crippen molar-refractivity contribution in [3.63, 3.8) is 0 Å². The highest BCUT2D eigenvalue weighted by molar-refractivity contribution is 5.46. The summed E-state index contributed by atoms with van der Waals surface area (Å²) in [5.74, 6) is -0.199. The Balaban J connectivity index is 1.69. The summed E-state index contributed by atoms with van der Waals surface area (Å²) < 4.78 is 13.2. The molecular weight excluding hydrogens is 267 g/mol. The van der Waals surface area contributed by atoms with Crippen LogP contribution in [-0.2, 0) is 6.54 Å². The van der Waals surface area contributed by atoms with Crippen molar-refractivity contribution in [2.45, 2.75) is 13.5 Å². The Morgan fingerprint density at radius 2 is 1.95 bits per heavy atom. The maximum atomic E-state index is 13.2. The molecule has 3 aromatic rings. The second-order valence-electron chi connectivity index (χ2n) is 4.78. The van der Waals surface area contributed by atoms with Gasteiger partial charge < -0.3 is 5.32 Å². The predicted octanol–water partition coefficient (Wildman–Crippen LogP) is 3.33. The van der Waals surface area contributed by atoms with Crippen molar-refractivity contribution in [2.75, 3.05) is 5.32 Å². The van der Waals surface area contributed by atoms with Gasteiger partial charge in [0.15, 0.2) is 0 Å². The molecule has 0 spiro atoms. The lowest BCUT2D eigenvalue weighted by atomic mass is 10.2. The van der Waals surface area contributed by atoms with E-state index in [2.05, 4.69) is 15.5 Å². The van der Waals surface area contributed by atoms with E-state index in [4.69, 9.17) is 0 Å². The molecule has 0 bridgehead atoms. The highest BCUT2D eigenvalue weighted by Gasteiger charge is 2.03. The van der Waals surface area contributed by atoms with Crippen LogP contribution in [0.1, 0.15) is 11.3 Å². The number of para-hydroxylation sites is 1. The van der Waals surface area contributed by atoms with Gasteiger partial charge in [-0.25, -0.2) is 4.39 Å². The van der Waals surface area contributed by atoms with Gasteiger partial charge in [-0.3, -0.25) is 0 Å². The van der Waals surface area contributed by atoms with Crippen LogP contribution in [0.5, 0.6) is 0 Å². The van der Waals surface area contributed by atoms with E-state index >= 15 is 0 Å². The second-order valence-corrected chi connectivity index (χ2v) is 4.78. The molecule has 0 radical (unpaired) electrons. The van der Waals surface area contributed by atoms with E-state index in [-0.39, 0.29) is 5.82 Å². The number of halogens is 1. The molecule has 0 aliphatic carbocycles. The summed E-state index contributed by atoms with van der Waals surface area (Å²) in [5.41, 5.74) is 3.22. The summed E-state index contributed by atoms with van der Waals surface area (Å²) in [6.45, 7) is 2.28. The third-order valence-corrected chi connectivity index (χ3v) is 3.16. The second kappa shape index (κ2) is 5.75. The van der Waals surface area contributed by atoms with Gasteiger partial charge in [-0.15, -0.1) is 0 Å². The summed E-state index contributed by atoms with van der Waals surface area (Å²) in [5, 5.41) is 11.9. The number of nitrogens with zero attached hydrogens (tertiary/aromatic N) is 3. The molecule has 2 aromatic carbocycles. The molecule has 21 heavy (non-hydrogen) atoms. The standard InChI is InChI=1S/C16H15FN4/c1-12-9-13(7-8-16(12)17)18-10-14-11-19-21(20-14)15-5-3-2-4-6-15/h2-9,11,18H,10H2,1H3. The zero-order valence-corrected chi connectivity index (χ0v) is 11.6. The molecule has 1 N–H and O–H groups in total. The number of aryl methyl sites for hydroxylation is 1. The van der Waals surface area contributed by atoms with E-state index in [1.165, 1.54) is 6.07 Å². The fourth-order valence-corrected chi connectivity index (χ4v) is 2.01. The molecule has 5 heteroatoms. The minimum absolute atomic E-state index is 0.199. The van der Waals surface area contributed by atoms with Crippen LogP contribution in [0.25, 0.3) is 5.69 Å². The smallest absolute Gasteiger partial charge is 0.126 e. The van der Waals surface area contributed by atoms with Crippen LogP contribution in [-0.4, -0.2) is 15.0 Å². The summed E-state index contributed by atoms with van der Waals surface area (Å²) in [6.07, 6.45) is 1.72. The number of aromatic nitrogens is 3. The van der Waals surface area contributed by atoms with Gasteiger partial charge >= 0.3 is 0 Å². The van der Waals surface area contributed by atoms with Crippen molar-refractivity contribution in [1.29, 1.82) is 0 Å². The summed E-state index contributed by atoms with van der Waals surface area (Å²) in [7, 11) is 0. The fourth-order valence-electron chi connectivity index (χ4n) is 2.01. The first-order valence-corrected chi connectivity index (χ1v) is 6.69.